The molecule has 0 saturated carbocycles. The molecule has 1 aliphatic heterocycles. The molecular weight excluding hydrogens is 310 g/mol. The van der Waals surface area contributed by atoms with E-state index in [0.717, 1.165) is 0 Å². The van der Waals surface area contributed by atoms with Gasteiger partial charge in [0.15, 0.2) is 9.84 Å². The van der Waals surface area contributed by atoms with Crippen molar-refractivity contribution in [2.75, 3.05) is 23.7 Å². The monoisotopic (exact) mass is 319 g/mol. The third-order valence-electron chi connectivity index (χ3n) is 2.55. The molecule has 1 N–H and O–H groups in total. The summed E-state index contributed by atoms with van der Waals surface area (Å²) in [6.45, 7) is 0.0212. The molecule has 0 saturated heterocycles. The Hall–Kier alpha value is -1.08. The number of aliphatic carboxylic acids is 1. The number of rotatable bonds is 2. The highest BCUT2D eigenvalue weighted by atomic mass is 79.9. The van der Waals surface area contributed by atoms with Gasteiger partial charge in [0, 0.05) is 11.0 Å². The van der Waals surface area contributed by atoms with Crippen LogP contribution in [-0.2, 0) is 14.6 Å². The lowest BCUT2D eigenvalue weighted by Gasteiger charge is -2.29. The van der Waals surface area contributed by atoms with E-state index in [9.17, 15) is 13.2 Å². The molecule has 7 heteroatoms. The maximum Gasteiger partial charge on any atom is 0.323 e. The predicted molar refractivity (Wildman–Crippen MR) is 66.0 cm³/mol. The summed E-state index contributed by atoms with van der Waals surface area (Å²) in [5.41, 5.74) is 0.460. The molecule has 0 radical (unpaired) electrons. The van der Waals surface area contributed by atoms with Crippen LogP contribution in [0, 0.1) is 0 Å². The van der Waals surface area contributed by atoms with Crippen LogP contribution >= 0.6 is 15.9 Å². The molecule has 5 nitrogen and oxygen atoms in total. The van der Waals surface area contributed by atoms with Crippen LogP contribution in [0.5, 0.6) is 0 Å². The first-order chi connectivity index (χ1) is 7.90. The van der Waals surface area contributed by atoms with E-state index in [4.69, 9.17) is 5.11 Å². The van der Waals surface area contributed by atoms with Crippen molar-refractivity contribution in [3.05, 3.63) is 22.7 Å². The average Bonchev–Trinajstić information content (AvgIpc) is 2.22. The summed E-state index contributed by atoms with van der Waals surface area (Å²) >= 11 is 3.21. The van der Waals surface area contributed by atoms with Gasteiger partial charge in [0.25, 0.3) is 0 Å². The number of sulfone groups is 1. The van der Waals surface area contributed by atoms with Crippen LogP contribution in [0.3, 0.4) is 0 Å². The highest BCUT2D eigenvalue weighted by Crippen LogP contribution is 2.32. The Morgan fingerprint density at radius 1 is 1.47 bits per heavy atom. The topological polar surface area (TPSA) is 74.7 Å². The SMILES string of the molecule is O=C(O)CN1CCS(=O)(=O)c2cc(Br)ccc21. The molecule has 0 bridgehead atoms. The minimum Gasteiger partial charge on any atom is -0.480 e. The van der Waals surface area contributed by atoms with E-state index >= 15 is 0 Å². The van der Waals surface area contributed by atoms with Gasteiger partial charge in [0.2, 0.25) is 0 Å². The van der Waals surface area contributed by atoms with Crippen molar-refractivity contribution in [3.8, 4) is 0 Å². The number of nitrogens with zero attached hydrogens (tertiary/aromatic N) is 1. The number of benzene rings is 1. The third-order valence-corrected chi connectivity index (χ3v) is 4.76. The van der Waals surface area contributed by atoms with Crippen LogP contribution in [0.2, 0.25) is 0 Å². The van der Waals surface area contributed by atoms with Gasteiger partial charge in [0.05, 0.1) is 16.3 Å². The minimum absolute atomic E-state index is 0.0519. The van der Waals surface area contributed by atoms with Gasteiger partial charge in [-0.25, -0.2) is 8.42 Å². The molecule has 92 valence electrons. The van der Waals surface area contributed by atoms with Crippen LogP contribution in [-0.4, -0.2) is 38.3 Å². The molecule has 2 rings (SSSR count). The normalized spacial score (nSPS) is 17.6. The van der Waals surface area contributed by atoms with E-state index in [-0.39, 0.29) is 23.7 Å². The molecule has 1 heterocycles. The van der Waals surface area contributed by atoms with Crippen LogP contribution < -0.4 is 4.90 Å². The molecule has 0 spiro atoms. The summed E-state index contributed by atoms with van der Waals surface area (Å²) in [4.78, 5) is 12.5. The predicted octanol–water partition coefficient (Wildman–Crippen LogP) is 1.13. The highest BCUT2D eigenvalue weighted by Gasteiger charge is 2.29. The van der Waals surface area contributed by atoms with Gasteiger partial charge in [-0.05, 0) is 18.2 Å². The maximum atomic E-state index is 11.9. The molecule has 1 aliphatic rings. The lowest BCUT2D eigenvalue weighted by atomic mass is 10.2. The van der Waals surface area contributed by atoms with Crippen molar-refractivity contribution in [2.24, 2.45) is 0 Å². The Balaban J connectivity index is 2.52. The molecular formula is C10H10BrNO4S. The van der Waals surface area contributed by atoms with Crippen molar-refractivity contribution in [1.82, 2.24) is 0 Å². The first kappa shape index (κ1) is 12.4. The molecule has 1 aromatic carbocycles. The zero-order chi connectivity index (χ0) is 12.6. The number of carboxylic acid groups (broad SMARTS) is 1. The van der Waals surface area contributed by atoms with E-state index in [1.54, 1.807) is 17.0 Å². The fourth-order valence-electron chi connectivity index (χ4n) is 1.79. The molecule has 0 fully saturated rings. The standard InChI is InChI=1S/C10H10BrNO4S/c11-7-1-2-8-9(5-7)17(15,16)4-3-12(8)6-10(13)14/h1-2,5H,3-4,6H2,(H,13,14). The average molecular weight is 320 g/mol. The van der Waals surface area contributed by atoms with Crippen LogP contribution in [0.4, 0.5) is 5.69 Å². The van der Waals surface area contributed by atoms with Crippen molar-refractivity contribution >= 4 is 37.4 Å². The second-order valence-corrected chi connectivity index (χ2v) is 6.74. The van der Waals surface area contributed by atoms with Gasteiger partial charge in [-0.1, -0.05) is 15.9 Å². The van der Waals surface area contributed by atoms with E-state index < -0.39 is 15.8 Å². The first-order valence-electron chi connectivity index (χ1n) is 4.89. The minimum atomic E-state index is -3.30. The van der Waals surface area contributed by atoms with Gasteiger partial charge in [-0.2, -0.15) is 0 Å². The molecule has 0 amide bonds. The van der Waals surface area contributed by atoms with Crippen molar-refractivity contribution in [2.45, 2.75) is 4.90 Å². The lowest BCUT2D eigenvalue weighted by molar-refractivity contribution is -0.135. The van der Waals surface area contributed by atoms with Gasteiger partial charge >= 0.3 is 5.97 Å². The second-order valence-electron chi connectivity index (χ2n) is 3.75. The maximum absolute atomic E-state index is 11.9. The largest absolute Gasteiger partial charge is 0.480 e. The quantitative estimate of drug-likeness (QED) is 0.884. The smallest absolute Gasteiger partial charge is 0.323 e. The number of carbonyl (C=O) groups is 1. The number of fused-ring (bicyclic) bond motifs is 1. The first-order valence-corrected chi connectivity index (χ1v) is 7.34. The van der Waals surface area contributed by atoms with Crippen molar-refractivity contribution in [1.29, 1.82) is 0 Å². The summed E-state index contributed by atoms with van der Waals surface area (Å²) in [7, 11) is -3.30. The number of hydrogen-bond acceptors (Lipinski definition) is 4. The summed E-state index contributed by atoms with van der Waals surface area (Å²) in [6, 6.07) is 4.84. The lowest BCUT2D eigenvalue weighted by Crippen LogP contribution is -2.38. The molecule has 0 unspecified atom stereocenters. The van der Waals surface area contributed by atoms with E-state index in [1.165, 1.54) is 6.07 Å². The second kappa shape index (κ2) is 4.30. The number of carboxylic acids is 1. The molecule has 0 aliphatic carbocycles. The van der Waals surface area contributed by atoms with Crippen molar-refractivity contribution < 1.29 is 18.3 Å². The zero-order valence-corrected chi connectivity index (χ0v) is 11.2. The van der Waals surface area contributed by atoms with E-state index in [1.807, 2.05) is 0 Å². The Morgan fingerprint density at radius 2 is 2.18 bits per heavy atom. The van der Waals surface area contributed by atoms with E-state index in [0.29, 0.717) is 10.2 Å². The Kier molecular flexibility index (Phi) is 3.13. The Labute approximate surface area is 107 Å². The Bertz CT molecular complexity index is 570. The number of anilines is 1. The summed E-state index contributed by atoms with van der Waals surface area (Å²) in [5, 5.41) is 8.78. The number of halogens is 1. The molecule has 17 heavy (non-hydrogen) atoms. The van der Waals surface area contributed by atoms with Gasteiger partial charge < -0.3 is 10.0 Å². The number of hydrogen-bond donors (Lipinski definition) is 1. The molecule has 1 aromatic rings. The summed E-state index contributed by atoms with van der Waals surface area (Å²) in [6.07, 6.45) is 0. The van der Waals surface area contributed by atoms with Gasteiger partial charge in [0.1, 0.15) is 6.54 Å². The van der Waals surface area contributed by atoms with Crippen LogP contribution in [0.1, 0.15) is 0 Å². The Morgan fingerprint density at radius 3 is 2.82 bits per heavy atom. The third kappa shape index (κ3) is 2.44. The van der Waals surface area contributed by atoms with Crippen LogP contribution in [0.15, 0.2) is 27.6 Å². The van der Waals surface area contributed by atoms with E-state index in [2.05, 4.69) is 15.9 Å². The van der Waals surface area contributed by atoms with Crippen LogP contribution in [0.25, 0.3) is 0 Å². The molecule has 0 atom stereocenters. The van der Waals surface area contributed by atoms with Gasteiger partial charge in [-0.3, -0.25) is 4.79 Å². The van der Waals surface area contributed by atoms with Crippen molar-refractivity contribution in [3.63, 3.8) is 0 Å². The fourth-order valence-corrected chi connectivity index (χ4v) is 3.80. The molecule has 0 aromatic heterocycles. The highest BCUT2D eigenvalue weighted by molar-refractivity contribution is 9.10. The van der Waals surface area contributed by atoms with Gasteiger partial charge in [-0.15, -0.1) is 0 Å². The summed E-state index contributed by atoms with van der Waals surface area (Å²) in [5.74, 6) is -1.03. The fraction of sp³-hybridized carbons (Fsp3) is 0.300. The zero-order valence-electron chi connectivity index (χ0n) is 8.76. The summed E-state index contributed by atoms with van der Waals surface area (Å²) < 4.78 is 24.4.